The van der Waals surface area contributed by atoms with E-state index in [-0.39, 0.29) is 24.6 Å². The number of esters is 1. The molecule has 0 radical (unpaired) electrons. The fraction of sp³-hybridized carbons (Fsp3) is 0.471. The molecule has 0 bridgehead atoms. The third-order valence-corrected chi connectivity index (χ3v) is 3.80. The molecule has 0 saturated carbocycles. The van der Waals surface area contributed by atoms with Gasteiger partial charge in [0.25, 0.3) is 11.8 Å². The number of halogens is 1. The molecule has 1 aliphatic rings. The molecule has 7 heteroatoms. The fourth-order valence-corrected chi connectivity index (χ4v) is 2.49. The Morgan fingerprint density at radius 1 is 1.12 bits per heavy atom. The van der Waals surface area contributed by atoms with Crippen molar-refractivity contribution in [3.05, 3.63) is 35.6 Å². The van der Waals surface area contributed by atoms with Gasteiger partial charge in [0.1, 0.15) is 12.4 Å². The lowest BCUT2D eigenvalue weighted by molar-refractivity contribution is -0.151. The summed E-state index contributed by atoms with van der Waals surface area (Å²) in [5.74, 6) is -2.04. The second kappa shape index (κ2) is 9.00. The van der Waals surface area contributed by atoms with Gasteiger partial charge in [0.2, 0.25) is 0 Å². The Labute approximate surface area is 140 Å². The summed E-state index contributed by atoms with van der Waals surface area (Å²) in [4.78, 5) is 37.1. The first-order chi connectivity index (χ1) is 11.6. The van der Waals surface area contributed by atoms with Crippen LogP contribution in [0.3, 0.4) is 0 Å². The molecule has 2 rings (SSSR count). The van der Waals surface area contributed by atoms with Crippen LogP contribution in [0.2, 0.25) is 0 Å². The highest BCUT2D eigenvalue weighted by Gasteiger charge is 2.17. The quantitative estimate of drug-likeness (QED) is 0.827. The van der Waals surface area contributed by atoms with Crippen LogP contribution in [0, 0.1) is 5.82 Å². The summed E-state index contributed by atoms with van der Waals surface area (Å²) >= 11 is 0. The Hall–Kier alpha value is -2.44. The van der Waals surface area contributed by atoms with Gasteiger partial charge in [-0.2, -0.15) is 0 Å². The summed E-state index contributed by atoms with van der Waals surface area (Å²) < 4.78 is 17.9. The normalized spacial score (nSPS) is 14.6. The third kappa shape index (κ3) is 5.64. The first-order valence-electron chi connectivity index (χ1n) is 8.03. The zero-order valence-electron chi connectivity index (χ0n) is 13.4. The lowest BCUT2D eigenvalue weighted by atomic mass is 10.2. The molecule has 1 N–H and O–H groups in total. The topological polar surface area (TPSA) is 75.7 Å². The van der Waals surface area contributed by atoms with Gasteiger partial charge in [0.05, 0.1) is 0 Å². The van der Waals surface area contributed by atoms with Gasteiger partial charge in [-0.05, 0) is 31.0 Å². The number of nitrogens with zero attached hydrogens (tertiary/aromatic N) is 1. The van der Waals surface area contributed by atoms with Gasteiger partial charge >= 0.3 is 5.97 Å². The first-order valence-corrected chi connectivity index (χ1v) is 8.03. The highest BCUT2D eigenvalue weighted by atomic mass is 19.1. The summed E-state index contributed by atoms with van der Waals surface area (Å²) in [7, 11) is 0. The van der Waals surface area contributed by atoms with Crippen molar-refractivity contribution in [1.82, 2.24) is 10.2 Å². The second-order valence-electron chi connectivity index (χ2n) is 5.65. The van der Waals surface area contributed by atoms with Gasteiger partial charge in [-0.25, -0.2) is 4.39 Å². The molecule has 1 saturated heterocycles. The average Bonchev–Trinajstić information content (AvgIpc) is 2.87. The third-order valence-electron chi connectivity index (χ3n) is 3.80. The van der Waals surface area contributed by atoms with Crippen molar-refractivity contribution in [3.8, 4) is 0 Å². The number of benzene rings is 1. The molecular formula is C17H21FN2O4. The predicted octanol–water partition coefficient (Wildman–Crippen LogP) is 1.50. The Bertz CT molecular complexity index is 598. The first kappa shape index (κ1) is 17.9. The maximum atomic E-state index is 13.0. The standard InChI is InChI=1S/C17H21FN2O4/c18-14-7-5-6-13(10-14)17(23)19-11-16(22)24-12-15(21)20-8-3-1-2-4-9-20/h5-7,10H,1-4,8-9,11-12H2,(H,19,23). The number of nitrogens with one attached hydrogen (secondary N) is 1. The molecule has 1 aromatic rings. The van der Waals surface area contributed by atoms with Crippen LogP contribution >= 0.6 is 0 Å². The molecule has 0 spiro atoms. The monoisotopic (exact) mass is 336 g/mol. The van der Waals surface area contributed by atoms with Crippen molar-refractivity contribution in [2.24, 2.45) is 0 Å². The van der Waals surface area contributed by atoms with Crippen LogP contribution in [0.1, 0.15) is 36.0 Å². The number of amides is 2. The van der Waals surface area contributed by atoms with E-state index in [1.807, 2.05) is 0 Å². The van der Waals surface area contributed by atoms with E-state index in [0.717, 1.165) is 31.7 Å². The van der Waals surface area contributed by atoms with Crippen molar-refractivity contribution >= 4 is 17.8 Å². The molecule has 1 heterocycles. The molecule has 0 atom stereocenters. The zero-order valence-corrected chi connectivity index (χ0v) is 13.4. The Morgan fingerprint density at radius 2 is 1.83 bits per heavy atom. The average molecular weight is 336 g/mol. The number of carbonyl (C=O) groups is 3. The zero-order chi connectivity index (χ0) is 17.4. The van der Waals surface area contributed by atoms with Crippen molar-refractivity contribution in [2.45, 2.75) is 25.7 Å². The van der Waals surface area contributed by atoms with E-state index in [1.54, 1.807) is 4.90 Å². The predicted molar refractivity (Wildman–Crippen MR) is 84.7 cm³/mol. The van der Waals surface area contributed by atoms with Crippen LogP contribution in [0.5, 0.6) is 0 Å². The van der Waals surface area contributed by atoms with E-state index >= 15 is 0 Å². The van der Waals surface area contributed by atoms with Crippen LogP contribution in [-0.4, -0.2) is 48.9 Å². The summed E-state index contributed by atoms with van der Waals surface area (Å²) in [6, 6.07) is 5.14. The van der Waals surface area contributed by atoms with Crippen LogP contribution in [0.4, 0.5) is 4.39 Å². The molecule has 130 valence electrons. The Kier molecular flexibility index (Phi) is 6.72. The van der Waals surface area contributed by atoms with Crippen LogP contribution in [-0.2, 0) is 14.3 Å². The Balaban J connectivity index is 1.71. The van der Waals surface area contributed by atoms with Crippen molar-refractivity contribution < 1.29 is 23.5 Å². The van der Waals surface area contributed by atoms with Gasteiger partial charge in [0, 0.05) is 18.7 Å². The fourth-order valence-electron chi connectivity index (χ4n) is 2.49. The van der Waals surface area contributed by atoms with Gasteiger partial charge < -0.3 is 15.0 Å². The lowest BCUT2D eigenvalue weighted by Crippen LogP contribution is -2.37. The highest BCUT2D eigenvalue weighted by Crippen LogP contribution is 2.09. The number of carbonyl (C=O) groups excluding carboxylic acids is 3. The highest BCUT2D eigenvalue weighted by molar-refractivity contribution is 5.96. The van der Waals surface area contributed by atoms with E-state index in [9.17, 15) is 18.8 Å². The summed E-state index contributed by atoms with van der Waals surface area (Å²) in [6.07, 6.45) is 4.14. The number of likely N-dealkylation sites (tertiary alicyclic amines) is 1. The summed E-state index contributed by atoms with van der Waals surface area (Å²) in [5, 5.41) is 2.33. The minimum Gasteiger partial charge on any atom is -0.454 e. The minimum atomic E-state index is -0.706. The maximum absolute atomic E-state index is 13.0. The molecule has 0 aromatic heterocycles. The van der Waals surface area contributed by atoms with Crippen molar-refractivity contribution in [3.63, 3.8) is 0 Å². The number of rotatable bonds is 5. The molecule has 1 aromatic carbocycles. The molecule has 6 nitrogen and oxygen atoms in total. The Morgan fingerprint density at radius 3 is 2.50 bits per heavy atom. The molecule has 0 unspecified atom stereocenters. The minimum absolute atomic E-state index is 0.114. The largest absolute Gasteiger partial charge is 0.454 e. The summed E-state index contributed by atoms with van der Waals surface area (Å²) in [6.45, 7) is 0.677. The van der Waals surface area contributed by atoms with E-state index in [4.69, 9.17) is 4.74 Å². The van der Waals surface area contributed by atoms with Gasteiger partial charge in [0.15, 0.2) is 6.61 Å². The molecule has 2 amide bonds. The van der Waals surface area contributed by atoms with Crippen LogP contribution in [0.15, 0.2) is 24.3 Å². The smallest absolute Gasteiger partial charge is 0.325 e. The van der Waals surface area contributed by atoms with Gasteiger partial charge in [-0.1, -0.05) is 18.9 Å². The SMILES string of the molecule is O=C(CNC(=O)c1cccc(F)c1)OCC(=O)N1CCCCCC1. The van der Waals surface area contributed by atoms with Crippen molar-refractivity contribution in [2.75, 3.05) is 26.2 Å². The summed E-state index contributed by atoms with van der Waals surface area (Å²) in [5.41, 5.74) is 0.114. The van der Waals surface area contributed by atoms with Crippen LogP contribution < -0.4 is 5.32 Å². The van der Waals surface area contributed by atoms with E-state index < -0.39 is 17.7 Å². The van der Waals surface area contributed by atoms with E-state index in [2.05, 4.69) is 5.32 Å². The number of ether oxygens (including phenoxy) is 1. The van der Waals surface area contributed by atoms with Gasteiger partial charge in [-0.15, -0.1) is 0 Å². The van der Waals surface area contributed by atoms with Crippen LogP contribution in [0.25, 0.3) is 0 Å². The molecular weight excluding hydrogens is 315 g/mol. The molecule has 0 aliphatic carbocycles. The number of hydrogen-bond donors (Lipinski definition) is 1. The van der Waals surface area contributed by atoms with E-state index in [0.29, 0.717) is 13.1 Å². The second-order valence-corrected chi connectivity index (χ2v) is 5.65. The van der Waals surface area contributed by atoms with Crippen molar-refractivity contribution in [1.29, 1.82) is 0 Å². The molecule has 1 aliphatic heterocycles. The lowest BCUT2D eigenvalue weighted by Gasteiger charge is -2.19. The molecule has 1 fully saturated rings. The number of hydrogen-bond acceptors (Lipinski definition) is 4. The molecule has 24 heavy (non-hydrogen) atoms. The van der Waals surface area contributed by atoms with E-state index in [1.165, 1.54) is 18.2 Å². The van der Waals surface area contributed by atoms with Gasteiger partial charge in [-0.3, -0.25) is 14.4 Å². The maximum Gasteiger partial charge on any atom is 0.325 e.